The number of rotatable bonds is 4. The van der Waals surface area contributed by atoms with Crippen molar-refractivity contribution in [2.45, 2.75) is 19.1 Å². The molecule has 0 aliphatic carbocycles. The van der Waals surface area contributed by atoms with E-state index < -0.39 is 5.97 Å². The predicted molar refractivity (Wildman–Crippen MR) is 98.4 cm³/mol. The monoisotopic (exact) mass is 364 g/mol. The molecule has 0 spiro atoms. The first-order valence-corrected chi connectivity index (χ1v) is 8.96. The molecule has 1 atom stereocenters. The Morgan fingerprint density at radius 2 is 1.81 bits per heavy atom. The molecular weight excluding hydrogens is 344 g/mol. The molecule has 1 saturated heterocycles. The lowest BCUT2D eigenvalue weighted by Gasteiger charge is -2.16. The van der Waals surface area contributed by atoms with Crippen LogP contribution in [-0.2, 0) is 11.3 Å². The van der Waals surface area contributed by atoms with Crippen molar-refractivity contribution in [2.24, 2.45) is 0 Å². The second-order valence-electron chi connectivity index (χ2n) is 6.97. The summed E-state index contributed by atoms with van der Waals surface area (Å²) in [7, 11) is 1.43. The molecule has 6 nitrogen and oxygen atoms in total. The molecule has 138 valence electrons. The van der Waals surface area contributed by atoms with Crippen LogP contribution in [-0.4, -0.2) is 53.8 Å². The van der Waals surface area contributed by atoms with Gasteiger partial charge in [-0.2, -0.15) is 0 Å². The third-order valence-electron chi connectivity index (χ3n) is 5.08. The molecular formula is C21H20N2O4. The fourth-order valence-electron chi connectivity index (χ4n) is 3.59. The zero-order valence-corrected chi connectivity index (χ0v) is 15.1. The Bertz CT molecular complexity index is 910. The molecule has 27 heavy (non-hydrogen) atoms. The molecule has 0 saturated carbocycles. The van der Waals surface area contributed by atoms with Gasteiger partial charge in [-0.05, 0) is 30.2 Å². The van der Waals surface area contributed by atoms with Crippen LogP contribution in [0.5, 0.6) is 0 Å². The summed E-state index contributed by atoms with van der Waals surface area (Å²) in [6.07, 6.45) is 0.610. The molecule has 0 bridgehead atoms. The number of carbonyl (C=O) groups excluding carboxylic acids is 3. The number of benzene rings is 2. The summed E-state index contributed by atoms with van der Waals surface area (Å²) in [5.74, 6) is -1.19. The summed E-state index contributed by atoms with van der Waals surface area (Å²) in [6.45, 7) is 2.39. The molecule has 2 amide bonds. The summed E-state index contributed by atoms with van der Waals surface area (Å²) in [6, 6.07) is 14.7. The Morgan fingerprint density at radius 1 is 1.07 bits per heavy atom. The molecule has 2 aliphatic rings. The minimum Gasteiger partial charge on any atom is -0.457 e. The van der Waals surface area contributed by atoms with Crippen LogP contribution in [0.4, 0.5) is 0 Å². The van der Waals surface area contributed by atoms with E-state index in [1.165, 1.54) is 24.7 Å². The zero-order valence-electron chi connectivity index (χ0n) is 15.1. The molecule has 0 aromatic heterocycles. The lowest BCUT2D eigenvalue weighted by atomic mass is 10.1. The Hall–Kier alpha value is -2.99. The Balaban J connectivity index is 1.39. The molecule has 0 radical (unpaired) electrons. The van der Waals surface area contributed by atoms with Gasteiger partial charge in [0.1, 0.15) is 6.10 Å². The van der Waals surface area contributed by atoms with Crippen molar-refractivity contribution in [1.29, 1.82) is 0 Å². The average Bonchev–Trinajstić information content (AvgIpc) is 3.20. The van der Waals surface area contributed by atoms with Gasteiger partial charge in [0.05, 0.1) is 16.7 Å². The predicted octanol–water partition coefficient (Wildman–Crippen LogP) is 2.34. The van der Waals surface area contributed by atoms with Gasteiger partial charge in [-0.25, -0.2) is 4.79 Å². The molecule has 0 unspecified atom stereocenters. The fourth-order valence-corrected chi connectivity index (χ4v) is 3.59. The van der Waals surface area contributed by atoms with Gasteiger partial charge in [-0.15, -0.1) is 0 Å². The van der Waals surface area contributed by atoms with Crippen molar-refractivity contribution in [1.82, 2.24) is 9.80 Å². The number of fused-ring (bicyclic) bond motifs is 1. The number of imide groups is 1. The van der Waals surface area contributed by atoms with E-state index >= 15 is 0 Å². The first kappa shape index (κ1) is 17.4. The van der Waals surface area contributed by atoms with E-state index in [0.29, 0.717) is 17.7 Å². The molecule has 2 aromatic carbocycles. The van der Waals surface area contributed by atoms with Crippen LogP contribution in [0.25, 0.3) is 0 Å². The van der Waals surface area contributed by atoms with Gasteiger partial charge >= 0.3 is 5.97 Å². The Labute approximate surface area is 157 Å². The first-order chi connectivity index (χ1) is 13.0. The number of ether oxygens (including phenoxy) is 1. The maximum atomic E-state index is 12.5. The summed E-state index contributed by atoms with van der Waals surface area (Å²) in [5, 5.41) is 0. The molecule has 2 aliphatic heterocycles. The van der Waals surface area contributed by atoms with Crippen LogP contribution >= 0.6 is 0 Å². The third kappa shape index (κ3) is 3.36. The number of likely N-dealkylation sites (tertiary alicyclic amines) is 1. The maximum absolute atomic E-state index is 12.5. The highest BCUT2D eigenvalue weighted by Gasteiger charge is 2.34. The van der Waals surface area contributed by atoms with Crippen LogP contribution in [0.1, 0.15) is 43.1 Å². The molecule has 0 N–H and O–H groups in total. The summed E-state index contributed by atoms with van der Waals surface area (Å²) in [4.78, 5) is 39.8. The smallest absolute Gasteiger partial charge is 0.338 e. The van der Waals surface area contributed by atoms with Gasteiger partial charge in [0.2, 0.25) is 0 Å². The number of nitrogens with zero attached hydrogens (tertiary/aromatic N) is 2. The maximum Gasteiger partial charge on any atom is 0.338 e. The number of hydrogen-bond donors (Lipinski definition) is 0. The lowest BCUT2D eigenvalue weighted by molar-refractivity contribution is 0.0320. The second kappa shape index (κ2) is 6.96. The highest BCUT2D eigenvalue weighted by Crippen LogP contribution is 2.24. The van der Waals surface area contributed by atoms with E-state index in [-0.39, 0.29) is 23.5 Å². The molecule has 6 heteroatoms. The summed E-state index contributed by atoms with van der Waals surface area (Å²) in [5.41, 5.74) is 2.12. The highest BCUT2D eigenvalue weighted by atomic mass is 16.5. The number of amides is 2. The van der Waals surface area contributed by atoms with E-state index in [1.54, 1.807) is 6.07 Å². The van der Waals surface area contributed by atoms with Crippen LogP contribution < -0.4 is 0 Å². The van der Waals surface area contributed by atoms with E-state index in [0.717, 1.165) is 24.4 Å². The van der Waals surface area contributed by atoms with E-state index in [1.807, 2.05) is 18.2 Å². The van der Waals surface area contributed by atoms with Gasteiger partial charge in [0.25, 0.3) is 11.8 Å². The minimum absolute atomic E-state index is 0.172. The van der Waals surface area contributed by atoms with Crippen molar-refractivity contribution in [3.8, 4) is 0 Å². The number of esters is 1. The Morgan fingerprint density at radius 3 is 2.59 bits per heavy atom. The normalized spacial score (nSPS) is 19.4. The number of hydrogen-bond acceptors (Lipinski definition) is 5. The van der Waals surface area contributed by atoms with Crippen LogP contribution in [0.2, 0.25) is 0 Å². The Kier molecular flexibility index (Phi) is 4.49. The van der Waals surface area contributed by atoms with Crippen LogP contribution in [0.15, 0.2) is 48.5 Å². The van der Waals surface area contributed by atoms with Gasteiger partial charge in [0.15, 0.2) is 0 Å². The van der Waals surface area contributed by atoms with Gasteiger partial charge in [-0.1, -0.05) is 30.3 Å². The van der Waals surface area contributed by atoms with Gasteiger partial charge in [-0.3, -0.25) is 19.4 Å². The van der Waals surface area contributed by atoms with Crippen LogP contribution in [0.3, 0.4) is 0 Å². The van der Waals surface area contributed by atoms with E-state index in [2.05, 4.69) is 17.0 Å². The first-order valence-electron chi connectivity index (χ1n) is 8.96. The molecule has 4 rings (SSSR count). The van der Waals surface area contributed by atoms with Crippen LogP contribution in [0, 0.1) is 0 Å². The van der Waals surface area contributed by atoms with Crippen molar-refractivity contribution >= 4 is 17.8 Å². The van der Waals surface area contributed by atoms with Crippen molar-refractivity contribution in [3.05, 3.63) is 70.8 Å². The number of carbonyl (C=O) groups is 3. The van der Waals surface area contributed by atoms with Gasteiger partial charge in [0, 0.05) is 26.7 Å². The second-order valence-corrected chi connectivity index (χ2v) is 6.97. The van der Waals surface area contributed by atoms with E-state index in [9.17, 15) is 14.4 Å². The summed E-state index contributed by atoms with van der Waals surface area (Å²) < 4.78 is 5.62. The lowest BCUT2D eigenvalue weighted by Crippen LogP contribution is -2.25. The quantitative estimate of drug-likeness (QED) is 0.615. The standard InChI is InChI=1S/C21H20N2O4/c1-22-19(24)17-8-7-15(11-18(17)20(22)25)21(26)27-16-9-10-23(13-16)12-14-5-3-2-4-6-14/h2-8,11,16H,9-10,12-13H2,1H3/t16-/m1/s1. The SMILES string of the molecule is CN1C(=O)c2ccc(C(=O)O[C@@H]3CCN(Cc4ccccc4)C3)cc2C1=O. The van der Waals surface area contributed by atoms with Crippen molar-refractivity contribution in [3.63, 3.8) is 0 Å². The van der Waals surface area contributed by atoms with Gasteiger partial charge < -0.3 is 4.74 Å². The molecule has 2 heterocycles. The third-order valence-corrected chi connectivity index (χ3v) is 5.08. The van der Waals surface area contributed by atoms with E-state index in [4.69, 9.17) is 4.74 Å². The largest absolute Gasteiger partial charge is 0.457 e. The molecule has 2 aromatic rings. The molecule has 1 fully saturated rings. The fraction of sp³-hybridized carbons (Fsp3) is 0.286. The minimum atomic E-state index is -0.459. The zero-order chi connectivity index (χ0) is 19.0. The summed E-state index contributed by atoms with van der Waals surface area (Å²) >= 11 is 0. The topological polar surface area (TPSA) is 66.9 Å². The van der Waals surface area contributed by atoms with Crippen molar-refractivity contribution in [2.75, 3.05) is 20.1 Å². The van der Waals surface area contributed by atoms with Crippen molar-refractivity contribution < 1.29 is 19.1 Å². The highest BCUT2D eigenvalue weighted by molar-refractivity contribution is 6.21. The average molecular weight is 364 g/mol.